The molecule has 0 aliphatic rings. The quantitative estimate of drug-likeness (QED) is 0.713. The van der Waals surface area contributed by atoms with Crippen LogP contribution in [-0.4, -0.2) is 4.98 Å². The second-order valence-electron chi connectivity index (χ2n) is 4.59. The molecule has 0 aliphatic heterocycles. The van der Waals surface area contributed by atoms with Gasteiger partial charge in [-0.25, -0.2) is 4.79 Å². The van der Waals surface area contributed by atoms with Gasteiger partial charge in [0.15, 0.2) is 5.58 Å². The molecule has 3 nitrogen and oxygen atoms in total. The summed E-state index contributed by atoms with van der Waals surface area (Å²) in [6.07, 6.45) is 0. The summed E-state index contributed by atoms with van der Waals surface area (Å²) in [5.74, 6) is -0.470. The number of benzene rings is 2. The summed E-state index contributed by atoms with van der Waals surface area (Å²) >= 11 is 12.6. The van der Waals surface area contributed by atoms with Gasteiger partial charge in [-0.3, -0.25) is 4.98 Å². The van der Waals surface area contributed by atoms with Crippen LogP contribution in [-0.2, 0) is 0 Å². The largest absolute Gasteiger partial charge is 0.417 e. The Balaban J connectivity index is 2.09. The molecule has 0 saturated heterocycles. The summed E-state index contributed by atoms with van der Waals surface area (Å²) in [6.45, 7) is 1.93. The summed E-state index contributed by atoms with van der Waals surface area (Å²) in [5.41, 5.74) is 3.90. The summed E-state index contributed by atoms with van der Waals surface area (Å²) in [6, 6.07) is 11.1. The van der Waals surface area contributed by atoms with Gasteiger partial charge >= 0.3 is 5.76 Å². The lowest BCUT2D eigenvalue weighted by molar-refractivity contribution is 0.555. The number of aromatic nitrogens is 1. The summed E-state index contributed by atoms with van der Waals surface area (Å²) < 4.78 is 5.05. The lowest BCUT2D eigenvalue weighted by Crippen LogP contribution is -1.96. The van der Waals surface area contributed by atoms with Crippen molar-refractivity contribution < 1.29 is 4.42 Å². The molecule has 20 heavy (non-hydrogen) atoms. The van der Waals surface area contributed by atoms with Gasteiger partial charge in [0.1, 0.15) is 0 Å². The minimum absolute atomic E-state index is 0.349. The highest BCUT2D eigenvalue weighted by molar-refractivity contribution is 6.31. The Bertz CT molecular complexity index is 835. The first-order valence-corrected chi connectivity index (χ1v) is 6.89. The molecule has 1 aromatic heterocycles. The molecule has 0 fully saturated rings. The Kier molecular flexibility index (Phi) is 3.32. The lowest BCUT2D eigenvalue weighted by atomic mass is 10.00. The molecule has 0 amide bonds. The van der Waals surface area contributed by atoms with Crippen LogP contribution in [0, 0.1) is 6.92 Å². The SMILES string of the molecule is Cc1c(Cl)cccc1C(Cl)c1ccc2[nH]c(=O)oc2c1. The second-order valence-corrected chi connectivity index (χ2v) is 5.43. The first kappa shape index (κ1) is 13.3. The standard InChI is InChI=1S/C15H11Cl2NO2/c1-8-10(3-2-4-11(8)16)14(17)9-5-6-12-13(7-9)20-15(19)18-12/h2-7,14H,1H3,(H,18,19). The highest BCUT2D eigenvalue weighted by Crippen LogP contribution is 2.34. The third-order valence-electron chi connectivity index (χ3n) is 3.32. The zero-order chi connectivity index (χ0) is 14.3. The normalized spacial score (nSPS) is 12.8. The fourth-order valence-electron chi connectivity index (χ4n) is 2.20. The highest BCUT2D eigenvalue weighted by Gasteiger charge is 2.16. The van der Waals surface area contributed by atoms with Gasteiger partial charge in [0.05, 0.1) is 10.9 Å². The number of oxazole rings is 1. The van der Waals surface area contributed by atoms with Crippen molar-refractivity contribution in [1.29, 1.82) is 0 Å². The minimum atomic E-state index is -0.470. The molecular weight excluding hydrogens is 297 g/mol. The van der Waals surface area contributed by atoms with Crippen molar-refractivity contribution in [1.82, 2.24) is 4.98 Å². The van der Waals surface area contributed by atoms with Crippen LogP contribution in [0.25, 0.3) is 11.1 Å². The van der Waals surface area contributed by atoms with Crippen LogP contribution in [0.1, 0.15) is 22.1 Å². The number of hydrogen-bond acceptors (Lipinski definition) is 2. The molecule has 1 heterocycles. The molecule has 3 rings (SSSR count). The maximum absolute atomic E-state index is 11.2. The number of aromatic amines is 1. The van der Waals surface area contributed by atoms with E-state index in [0.29, 0.717) is 16.1 Å². The number of fused-ring (bicyclic) bond motifs is 1. The average Bonchev–Trinajstić information content (AvgIpc) is 2.80. The molecule has 0 spiro atoms. The van der Waals surface area contributed by atoms with Crippen molar-refractivity contribution in [2.24, 2.45) is 0 Å². The van der Waals surface area contributed by atoms with Gasteiger partial charge in [-0.2, -0.15) is 0 Å². The average molecular weight is 308 g/mol. The van der Waals surface area contributed by atoms with Crippen LogP contribution >= 0.6 is 23.2 Å². The van der Waals surface area contributed by atoms with Gasteiger partial charge in [-0.05, 0) is 41.8 Å². The zero-order valence-corrected chi connectivity index (χ0v) is 12.1. The van der Waals surface area contributed by atoms with Crippen LogP contribution in [0.15, 0.2) is 45.6 Å². The van der Waals surface area contributed by atoms with E-state index in [1.54, 1.807) is 12.1 Å². The maximum Gasteiger partial charge on any atom is 0.417 e. The van der Waals surface area contributed by atoms with E-state index in [-0.39, 0.29) is 5.38 Å². The van der Waals surface area contributed by atoms with Gasteiger partial charge in [-0.1, -0.05) is 29.8 Å². The van der Waals surface area contributed by atoms with E-state index in [0.717, 1.165) is 16.7 Å². The highest BCUT2D eigenvalue weighted by atomic mass is 35.5. The molecular formula is C15H11Cl2NO2. The van der Waals surface area contributed by atoms with Crippen LogP contribution in [0.3, 0.4) is 0 Å². The van der Waals surface area contributed by atoms with Gasteiger partial charge in [0.2, 0.25) is 0 Å². The summed E-state index contributed by atoms with van der Waals surface area (Å²) in [4.78, 5) is 13.8. The topological polar surface area (TPSA) is 46.0 Å². The predicted molar refractivity (Wildman–Crippen MR) is 80.7 cm³/mol. The van der Waals surface area contributed by atoms with E-state index < -0.39 is 5.76 Å². The van der Waals surface area contributed by atoms with E-state index in [1.807, 2.05) is 31.2 Å². The number of halogens is 2. The Labute approximate surface area is 125 Å². The maximum atomic E-state index is 11.2. The van der Waals surface area contributed by atoms with Crippen molar-refractivity contribution in [2.75, 3.05) is 0 Å². The molecule has 0 aliphatic carbocycles. The predicted octanol–water partition coefficient (Wildman–Crippen LogP) is 4.41. The molecule has 1 N–H and O–H groups in total. The number of alkyl halides is 1. The number of H-pyrrole nitrogens is 1. The van der Waals surface area contributed by atoms with Crippen LogP contribution in [0.2, 0.25) is 5.02 Å². The smallest absolute Gasteiger partial charge is 0.408 e. The number of nitrogens with one attached hydrogen (secondary N) is 1. The fraction of sp³-hybridized carbons (Fsp3) is 0.133. The van der Waals surface area contributed by atoms with Gasteiger partial charge in [0, 0.05) is 5.02 Å². The molecule has 5 heteroatoms. The number of hydrogen-bond donors (Lipinski definition) is 1. The zero-order valence-electron chi connectivity index (χ0n) is 10.6. The molecule has 102 valence electrons. The van der Waals surface area contributed by atoms with Crippen molar-refractivity contribution in [3.8, 4) is 0 Å². The van der Waals surface area contributed by atoms with Crippen LogP contribution in [0.5, 0.6) is 0 Å². The third-order valence-corrected chi connectivity index (χ3v) is 4.22. The van der Waals surface area contributed by atoms with Gasteiger partial charge < -0.3 is 4.42 Å². The molecule has 0 bridgehead atoms. The number of rotatable bonds is 2. The Morgan fingerprint density at radius 3 is 2.85 bits per heavy atom. The summed E-state index contributed by atoms with van der Waals surface area (Å²) in [5, 5.41) is 0.334. The monoisotopic (exact) mass is 307 g/mol. The van der Waals surface area contributed by atoms with Gasteiger partial charge in [-0.15, -0.1) is 11.6 Å². The summed E-state index contributed by atoms with van der Waals surface area (Å²) in [7, 11) is 0. The van der Waals surface area contributed by atoms with Gasteiger partial charge in [0.25, 0.3) is 0 Å². The van der Waals surface area contributed by atoms with Crippen LogP contribution < -0.4 is 5.76 Å². The lowest BCUT2D eigenvalue weighted by Gasteiger charge is -2.14. The molecule has 0 saturated carbocycles. The van der Waals surface area contributed by atoms with Crippen molar-refractivity contribution in [2.45, 2.75) is 12.3 Å². The first-order chi connectivity index (χ1) is 9.56. The van der Waals surface area contributed by atoms with E-state index >= 15 is 0 Å². The van der Waals surface area contributed by atoms with Crippen molar-refractivity contribution >= 4 is 34.3 Å². The van der Waals surface area contributed by atoms with E-state index in [4.69, 9.17) is 27.6 Å². The minimum Gasteiger partial charge on any atom is -0.408 e. The van der Waals surface area contributed by atoms with E-state index in [2.05, 4.69) is 4.98 Å². The third kappa shape index (κ3) is 2.23. The van der Waals surface area contributed by atoms with Crippen molar-refractivity contribution in [3.63, 3.8) is 0 Å². The molecule has 0 radical (unpaired) electrons. The molecule has 3 aromatic rings. The molecule has 2 aromatic carbocycles. The van der Waals surface area contributed by atoms with E-state index in [1.165, 1.54) is 0 Å². The van der Waals surface area contributed by atoms with E-state index in [9.17, 15) is 4.79 Å². The fourth-order valence-corrected chi connectivity index (χ4v) is 2.75. The van der Waals surface area contributed by atoms with Crippen LogP contribution in [0.4, 0.5) is 0 Å². The molecule has 1 atom stereocenters. The Morgan fingerprint density at radius 1 is 1.25 bits per heavy atom. The first-order valence-electron chi connectivity index (χ1n) is 6.08. The Morgan fingerprint density at radius 2 is 2.05 bits per heavy atom. The molecule has 1 unspecified atom stereocenters. The van der Waals surface area contributed by atoms with Crippen molar-refractivity contribution in [3.05, 3.63) is 68.7 Å². The Hall–Kier alpha value is -1.71. The second kappa shape index (κ2) is 5.00.